The van der Waals surface area contributed by atoms with Crippen LogP contribution in [0.25, 0.3) is 0 Å². The first kappa shape index (κ1) is 15.3. The third kappa shape index (κ3) is 4.43. The molecule has 0 saturated carbocycles. The Morgan fingerprint density at radius 1 is 1.42 bits per heavy atom. The smallest absolute Gasteiger partial charge is 0.326 e. The first-order chi connectivity index (χ1) is 8.95. The average molecular weight is 267 g/mol. The Morgan fingerprint density at radius 2 is 2.11 bits per heavy atom. The van der Waals surface area contributed by atoms with Gasteiger partial charge in [-0.25, -0.2) is 4.79 Å². The lowest BCUT2D eigenvalue weighted by Gasteiger charge is -2.16. The van der Waals surface area contributed by atoms with E-state index in [-0.39, 0.29) is 11.8 Å². The third-order valence-corrected chi connectivity index (χ3v) is 2.78. The van der Waals surface area contributed by atoms with Gasteiger partial charge in [0.05, 0.1) is 11.8 Å². The van der Waals surface area contributed by atoms with Gasteiger partial charge in [0.1, 0.15) is 11.8 Å². The van der Waals surface area contributed by atoms with E-state index in [4.69, 9.17) is 9.52 Å². The summed E-state index contributed by atoms with van der Waals surface area (Å²) >= 11 is 0. The summed E-state index contributed by atoms with van der Waals surface area (Å²) in [5, 5.41) is 11.7. The van der Waals surface area contributed by atoms with Crippen molar-refractivity contribution in [2.45, 2.75) is 46.1 Å². The van der Waals surface area contributed by atoms with Crippen molar-refractivity contribution < 1.29 is 19.1 Å². The second-order valence-electron chi connectivity index (χ2n) is 5.00. The summed E-state index contributed by atoms with van der Waals surface area (Å²) < 4.78 is 5.24. The fourth-order valence-electron chi connectivity index (χ4n) is 1.89. The minimum absolute atomic E-state index is 0.195. The van der Waals surface area contributed by atoms with Crippen molar-refractivity contribution >= 4 is 11.9 Å². The zero-order valence-corrected chi connectivity index (χ0v) is 11.6. The highest BCUT2D eigenvalue weighted by Gasteiger charge is 2.23. The van der Waals surface area contributed by atoms with Gasteiger partial charge in [-0.2, -0.15) is 0 Å². The van der Waals surface area contributed by atoms with Crippen LogP contribution in [-0.2, 0) is 11.2 Å². The molecular formula is C14H21NO4. The van der Waals surface area contributed by atoms with E-state index in [0.717, 1.165) is 6.42 Å². The molecule has 2 N–H and O–H groups in total. The number of hydrogen-bond donors (Lipinski definition) is 2. The van der Waals surface area contributed by atoms with Gasteiger partial charge in [0.25, 0.3) is 5.91 Å². The molecule has 1 unspecified atom stereocenters. The molecular weight excluding hydrogens is 246 g/mol. The Balaban J connectivity index is 2.76. The number of aryl methyl sites for hydroxylation is 1. The maximum Gasteiger partial charge on any atom is 0.326 e. The monoisotopic (exact) mass is 267 g/mol. The lowest BCUT2D eigenvalue weighted by molar-refractivity contribution is -0.139. The van der Waals surface area contributed by atoms with Crippen LogP contribution >= 0.6 is 0 Å². The number of carbonyl (C=O) groups excluding carboxylic acids is 1. The second kappa shape index (κ2) is 6.97. The molecule has 0 aliphatic rings. The van der Waals surface area contributed by atoms with Gasteiger partial charge in [-0.05, 0) is 24.8 Å². The summed E-state index contributed by atoms with van der Waals surface area (Å²) in [6.45, 7) is 5.83. The fraction of sp³-hybridized carbons (Fsp3) is 0.571. The SMILES string of the molecule is CCCc1occc1C(=O)NC(CC(C)C)C(=O)O. The van der Waals surface area contributed by atoms with Gasteiger partial charge >= 0.3 is 5.97 Å². The Hall–Kier alpha value is -1.78. The standard InChI is InChI=1S/C14H21NO4/c1-4-5-12-10(6-7-19-12)13(16)15-11(14(17)18)8-9(2)3/h6-7,9,11H,4-5,8H2,1-3H3,(H,15,16)(H,17,18). The fourth-order valence-corrected chi connectivity index (χ4v) is 1.89. The predicted octanol–water partition coefficient (Wildman–Crippen LogP) is 2.46. The number of furan rings is 1. The minimum Gasteiger partial charge on any atom is -0.480 e. The molecule has 0 fully saturated rings. The van der Waals surface area contributed by atoms with Crippen LogP contribution in [0.3, 0.4) is 0 Å². The number of carboxylic acid groups (broad SMARTS) is 1. The highest BCUT2D eigenvalue weighted by Crippen LogP contribution is 2.14. The van der Waals surface area contributed by atoms with E-state index in [1.807, 2.05) is 20.8 Å². The maximum atomic E-state index is 12.1. The van der Waals surface area contributed by atoms with E-state index >= 15 is 0 Å². The Morgan fingerprint density at radius 3 is 2.63 bits per heavy atom. The molecule has 1 heterocycles. The molecule has 0 aromatic carbocycles. The topological polar surface area (TPSA) is 79.5 Å². The van der Waals surface area contributed by atoms with Crippen molar-refractivity contribution in [1.29, 1.82) is 0 Å². The van der Waals surface area contributed by atoms with Gasteiger partial charge in [-0.15, -0.1) is 0 Å². The summed E-state index contributed by atoms with van der Waals surface area (Å²) in [7, 11) is 0. The normalized spacial score (nSPS) is 12.4. The van der Waals surface area contributed by atoms with Gasteiger partial charge in [0.15, 0.2) is 0 Å². The number of rotatable bonds is 7. The number of carbonyl (C=O) groups is 2. The molecule has 1 aromatic heterocycles. The molecule has 1 aromatic rings. The van der Waals surface area contributed by atoms with E-state index < -0.39 is 12.0 Å². The molecule has 106 valence electrons. The van der Waals surface area contributed by atoms with Crippen LogP contribution in [-0.4, -0.2) is 23.0 Å². The van der Waals surface area contributed by atoms with Crippen LogP contribution < -0.4 is 5.32 Å². The van der Waals surface area contributed by atoms with Gasteiger partial charge in [-0.1, -0.05) is 20.8 Å². The van der Waals surface area contributed by atoms with Crippen LogP contribution in [0, 0.1) is 5.92 Å². The summed E-state index contributed by atoms with van der Waals surface area (Å²) in [5.41, 5.74) is 0.428. The molecule has 19 heavy (non-hydrogen) atoms. The molecule has 1 atom stereocenters. The first-order valence-electron chi connectivity index (χ1n) is 6.55. The van der Waals surface area contributed by atoms with Crippen molar-refractivity contribution in [2.75, 3.05) is 0 Å². The van der Waals surface area contributed by atoms with Crippen molar-refractivity contribution in [3.63, 3.8) is 0 Å². The van der Waals surface area contributed by atoms with E-state index in [2.05, 4.69) is 5.32 Å². The molecule has 1 amide bonds. The second-order valence-corrected chi connectivity index (χ2v) is 5.00. The summed E-state index contributed by atoms with van der Waals surface area (Å²) in [6, 6.07) is 0.714. The zero-order valence-electron chi connectivity index (χ0n) is 11.6. The molecule has 0 spiro atoms. The van der Waals surface area contributed by atoms with Crippen LogP contribution in [0.15, 0.2) is 16.7 Å². The Kier molecular flexibility index (Phi) is 5.60. The highest BCUT2D eigenvalue weighted by atomic mass is 16.4. The Labute approximate surface area is 113 Å². The number of aliphatic carboxylic acids is 1. The predicted molar refractivity (Wildman–Crippen MR) is 71.0 cm³/mol. The van der Waals surface area contributed by atoms with Crippen LogP contribution in [0.5, 0.6) is 0 Å². The maximum absolute atomic E-state index is 12.1. The van der Waals surface area contributed by atoms with Gasteiger partial charge in [0, 0.05) is 6.42 Å². The largest absolute Gasteiger partial charge is 0.480 e. The molecule has 0 bridgehead atoms. The first-order valence-corrected chi connectivity index (χ1v) is 6.55. The number of carboxylic acids is 1. The number of amides is 1. The van der Waals surface area contributed by atoms with Crippen molar-refractivity contribution in [2.24, 2.45) is 5.92 Å². The molecule has 0 aliphatic carbocycles. The number of nitrogens with one attached hydrogen (secondary N) is 1. The van der Waals surface area contributed by atoms with Gasteiger partial charge in [-0.3, -0.25) is 4.79 Å². The number of hydrogen-bond acceptors (Lipinski definition) is 3. The van der Waals surface area contributed by atoms with E-state index in [0.29, 0.717) is 24.2 Å². The molecule has 0 saturated heterocycles. The van der Waals surface area contributed by atoms with Crippen LogP contribution in [0.2, 0.25) is 0 Å². The summed E-state index contributed by atoms with van der Waals surface area (Å²) in [6.07, 6.45) is 3.39. The lowest BCUT2D eigenvalue weighted by atomic mass is 10.0. The molecule has 0 radical (unpaired) electrons. The van der Waals surface area contributed by atoms with E-state index in [9.17, 15) is 9.59 Å². The van der Waals surface area contributed by atoms with Crippen molar-refractivity contribution in [3.05, 3.63) is 23.7 Å². The zero-order chi connectivity index (χ0) is 14.4. The molecule has 5 nitrogen and oxygen atoms in total. The van der Waals surface area contributed by atoms with Gasteiger partial charge in [0.2, 0.25) is 0 Å². The lowest BCUT2D eigenvalue weighted by Crippen LogP contribution is -2.41. The quantitative estimate of drug-likeness (QED) is 0.795. The molecule has 5 heteroatoms. The summed E-state index contributed by atoms with van der Waals surface area (Å²) in [5.74, 6) is -0.595. The van der Waals surface area contributed by atoms with Crippen LogP contribution in [0.4, 0.5) is 0 Å². The molecule has 0 aliphatic heterocycles. The van der Waals surface area contributed by atoms with Crippen molar-refractivity contribution in [3.8, 4) is 0 Å². The average Bonchev–Trinajstić information content (AvgIpc) is 2.76. The van der Waals surface area contributed by atoms with Crippen molar-refractivity contribution in [1.82, 2.24) is 5.32 Å². The third-order valence-electron chi connectivity index (χ3n) is 2.78. The molecule has 1 rings (SSSR count). The van der Waals surface area contributed by atoms with E-state index in [1.165, 1.54) is 6.26 Å². The highest BCUT2D eigenvalue weighted by molar-refractivity contribution is 5.97. The summed E-state index contributed by atoms with van der Waals surface area (Å²) in [4.78, 5) is 23.2. The Bertz CT molecular complexity index is 436. The van der Waals surface area contributed by atoms with E-state index in [1.54, 1.807) is 6.07 Å². The van der Waals surface area contributed by atoms with Crippen LogP contribution in [0.1, 0.15) is 49.7 Å². The minimum atomic E-state index is -1.01. The van der Waals surface area contributed by atoms with Gasteiger partial charge < -0.3 is 14.8 Å².